The minimum atomic E-state index is -0.233. The lowest BCUT2D eigenvalue weighted by molar-refractivity contribution is -0.118. The highest BCUT2D eigenvalue weighted by Gasteiger charge is 2.29. The monoisotopic (exact) mass is 374 g/mol. The minimum absolute atomic E-state index is 0.177. The molecule has 26 heavy (non-hydrogen) atoms. The van der Waals surface area contributed by atoms with Crippen LogP contribution >= 0.6 is 11.3 Å². The van der Waals surface area contributed by atoms with E-state index >= 15 is 0 Å². The Balaban J connectivity index is 1.66. The lowest BCUT2D eigenvalue weighted by Crippen LogP contribution is -2.31. The third kappa shape index (κ3) is 3.55. The standard InChI is InChI=1S/C19H26N4O2S/c20-12-5-7-13(8-6-12)25-18-17-16-11(4-9-15(21)24)2-1-3-14(16)26-19(17)23-10-22-18/h10-13H,1-9,20H2,(H2,21,24)/t11-,12-,13-/m1/s1. The zero-order chi connectivity index (χ0) is 18.1. The molecule has 6 nitrogen and oxygen atoms in total. The molecule has 1 amide bonds. The first-order chi connectivity index (χ1) is 12.6. The second kappa shape index (κ2) is 7.48. The molecule has 2 aliphatic rings. The Morgan fingerprint density at radius 1 is 1.23 bits per heavy atom. The predicted octanol–water partition coefficient (Wildman–Crippen LogP) is 3.03. The van der Waals surface area contributed by atoms with E-state index in [1.165, 1.54) is 10.4 Å². The number of thiophene rings is 1. The van der Waals surface area contributed by atoms with Crippen molar-refractivity contribution in [3.63, 3.8) is 0 Å². The molecule has 2 aliphatic carbocycles. The molecule has 2 aromatic rings. The molecule has 0 unspecified atom stereocenters. The number of aromatic nitrogens is 2. The number of rotatable bonds is 5. The van der Waals surface area contributed by atoms with Crippen molar-refractivity contribution in [3.8, 4) is 5.88 Å². The summed E-state index contributed by atoms with van der Waals surface area (Å²) >= 11 is 1.75. The fourth-order valence-electron chi connectivity index (χ4n) is 4.30. The van der Waals surface area contributed by atoms with Crippen LogP contribution in [0.15, 0.2) is 6.33 Å². The van der Waals surface area contributed by atoms with E-state index in [9.17, 15) is 4.79 Å². The molecule has 1 fully saturated rings. The smallest absolute Gasteiger partial charge is 0.225 e. The Hall–Kier alpha value is -1.73. The summed E-state index contributed by atoms with van der Waals surface area (Å²) in [7, 11) is 0. The van der Waals surface area contributed by atoms with E-state index in [4.69, 9.17) is 16.2 Å². The van der Waals surface area contributed by atoms with Gasteiger partial charge in [0, 0.05) is 17.3 Å². The van der Waals surface area contributed by atoms with Crippen LogP contribution in [0.3, 0.4) is 0 Å². The minimum Gasteiger partial charge on any atom is -0.474 e. The number of nitrogens with two attached hydrogens (primary N) is 2. The Bertz CT molecular complexity index is 798. The van der Waals surface area contributed by atoms with Crippen LogP contribution in [0.1, 0.15) is 67.7 Å². The third-order valence-corrected chi connectivity index (χ3v) is 6.84. The second-order valence-electron chi connectivity index (χ2n) is 7.55. The quantitative estimate of drug-likeness (QED) is 0.837. The lowest BCUT2D eigenvalue weighted by atomic mass is 9.83. The molecule has 2 aromatic heterocycles. The number of fused-ring (bicyclic) bond motifs is 3. The molecule has 0 bridgehead atoms. The van der Waals surface area contributed by atoms with Gasteiger partial charge in [0.25, 0.3) is 0 Å². The SMILES string of the molecule is NC(=O)CC[C@H]1CCCc2sc3ncnc(O[C@H]4CC[C@H](N)CC4)c3c21. The van der Waals surface area contributed by atoms with E-state index < -0.39 is 0 Å². The maximum absolute atomic E-state index is 11.3. The molecule has 1 atom stereocenters. The fraction of sp³-hybridized carbons (Fsp3) is 0.632. The molecule has 2 heterocycles. The number of hydrogen-bond donors (Lipinski definition) is 2. The molecule has 0 radical (unpaired) electrons. The number of carbonyl (C=O) groups is 1. The van der Waals surface area contributed by atoms with E-state index in [-0.39, 0.29) is 12.0 Å². The van der Waals surface area contributed by atoms with Gasteiger partial charge in [0.05, 0.1) is 5.39 Å². The van der Waals surface area contributed by atoms with Gasteiger partial charge in [0.2, 0.25) is 11.8 Å². The van der Waals surface area contributed by atoms with Crippen molar-refractivity contribution in [1.29, 1.82) is 0 Å². The molecule has 4 N–H and O–H groups in total. The number of carbonyl (C=O) groups excluding carboxylic acids is 1. The van der Waals surface area contributed by atoms with Gasteiger partial charge in [-0.15, -0.1) is 11.3 Å². The van der Waals surface area contributed by atoms with Gasteiger partial charge in [0.15, 0.2) is 0 Å². The lowest BCUT2D eigenvalue weighted by Gasteiger charge is -2.27. The van der Waals surface area contributed by atoms with Gasteiger partial charge in [0.1, 0.15) is 17.3 Å². The summed E-state index contributed by atoms with van der Waals surface area (Å²) in [5.41, 5.74) is 12.7. The Labute approximate surface area is 157 Å². The van der Waals surface area contributed by atoms with Crippen LogP contribution in [0.2, 0.25) is 0 Å². The Kier molecular flexibility index (Phi) is 5.09. The topological polar surface area (TPSA) is 104 Å². The summed E-state index contributed by atoms with van der Waals surface area (Å²) in [6.45, 7) is 0. The van der Waals surface area contributed by atoms with Crippen molar-refractivity contribution < 1.29 is 9.53 Å². The highest BCUT2D eigenvalue weighted by atomic mass is 32.1. The van der Waals surface area contributed by atoms with E-state index in [1.807, 2.05) is 0 Å². The van der Waals surface area contributed by atoms with Crippen LogP contribution in [-0.4, -0.2) is 28.0 Å². The molecule has 0 saturated heterocycles. The maximum Gasteiger partial charge on any atom is 0.225 e. The van der Waals surface area contributed by atoms with Gasteiger partial charge in [-0.25, -0.2) is 9.97 Å². The average Bonchev–Trinajstić information content (AvgIpc) is 3.02. The van der Waals surface area contributed by atoms with Crippen molar-refractivity contribution in [2.45, 2.75) is 75.9 Å². The number of aryl methyl sites for hydroxylation is 1. The van der Waals surface area contributed by atoms with Crippen LogP contribution in [0.4, 0.5) is 0 Å². The molecule has 0 aliphatic heterocycles. The largest absolute Gasteiger partial charge is 0.474 e. The van der Waals surface area contributed by atoms with Crippen LogP contribution in [0.5, 0.6) is 5.88 Å². The Morgan fingerprint density at radius 2 is 2.04 bits per heavy atom. The van der Waals surface area contributed by atoms with Crippen LogP contribution in [0.25, 0.3) is 10.2 Å². The molecule has 140 valence electrons. The summed E-state index contributed by atoms with van der Waals surface area (Å²) in [4.78, 5) is 22.6. The average molecular weight is 375 g/mol. The molecule has 4 rings (SSSR count). The van der Waals surface area contributed by atoms with Gasteiger partial charge in [-0.1, -0.05) is 0 Å². The van der Waals surface area contributed by atoms with Gasteiger partial charge in [-0.05, 0) is 62.8 Å². The highest BCUT2D eigenvalue weighted by Crippen LogP contribution is 2.46. The van der Waals surface area contributed by atoms with E-state index in [0.717, 1.165) is 61.6 Å². The summed E-state index contributed by atoms with van der Waals surface area (Å²) in [5, 5.41) is 1.07. The zero-order valence-corrected chi connectivity index (χ0v) is 15.8. The number of amides is 1. The van der Waals surface area contributed by atoms with Crippen molar-refractivity contribution in [2.24, 2.45) is 11.5 Å². The first-order valence-electron chi connectivity index (χ1n) is 9.58. The number of hydrogen-bond acceptors (Lipinski definition) is 6. The molecule has 7 heteroatoms. The zero-order valence-electron chi connectivity index (χ0n) is 14.9. The normalized spacial score (nSPS) is 25.8. The summed E-state index contributed by atoms with van der Waals surface area (Å²) in [6, 6.07) is 0.298. The van der Waals surface area contributed by atoms with Crippen molar-refractivity contribution in [2.75, 3.05) is 0 Å². The third-order valence-electron chi connectivity index (χ3n) is 5.67. The van der Waals surface area contributed by atoms with Gasteiger partial charge in [-0.3, -0.25) is 4.79 Å². The van der Waals surface area contributed by atoms with Gasteiger partial charge in [-0.2, -0.15) is 0 Å². The summed E-state index contributed by atoms with van der Waals surface area (Å²) < 4.78 is 6.32. The van der Waals surface area contributed by atoms with Crippen LogP contribution in [-0.2, 0) is 11.2 Å². The first-order valence-corrected chi connectivity index (χ1v) is 10.4. The second-order valence-corrected chi connectivity index (χ2v) is 8.63. The summed E-state index contributed by atoms with van der Waals surface area (Å²) in [5.74, 6) is 0.815. The first kappa shape index (κ1) is 17.7. The molecule has 0 aromatic carbocycles. The molecule has 1 saturated carbocycles. The molecular weight excluding hydrogens is 348 g/mol. The van der Waals surface area contributed by atoms with Crippen LogP contribution < -0.4 is 16.2 Å². The van der Waals surface area contributed by atoms with E-state index in [2.05, 4.69) is 9.97 Å². The molecular formula is C19H26N4O2S. The van der Waals surface area contributed by atoms with Gasteiger partial charge < -0.3 is 16.2 Å². The van der Waals surface area contributed by atoms with Crippen LogP contribution in [0, 0.1) is 0 Å². The van der Waals surface area contributed by atoms with E-state index in [1.54, 1.807) is 17.7 Å². The number of nitrogens with zero attached hydrogens (tertiary/aromatic N) is 2. The number of ether oxygens (including phenoxy) is 1. The van der Waals surface area contributed by atoms with Crippen molar-refractivity contribution >= 4 is 27.5 Å². The predicted molar refractivity (Wildman–Crippen MR) is 102 cm³/mol. The van der Waals surface area contributed by atoms with Gasteiger partial charge >= 0.3 is 0 Å². The summed E-state index contributed by atoms with van der Waals surface area (Å²) in [6.07, 6.45) is 10.3. The number of primary amides is 1. The fourth-order valence-corrected chi connectivity index (χ4v) is 5.56. The van der Waals surface area contributed by atoms with Crippen molar-refractivity contribution in [3.05, 3.63) is 16.8 Å². The highest BCUT2D eigenvalue weighted by molar-refractivity contribution is 7.18. The van der Waals surface area contributed by atoms with E-state index in [0.29, 0.717) is 24.3 Å². The molecule has 0 spiro atoms. The Morgan fingerprint density at radius 3 is 2.81 bits per heavy atom. The maximum atomic E-state index is 11.3. The van der Waals surface area contributed by atoms with Crippen molar-refractivity contribution in [1.82, 2.24) is 9.97 Å².